The van der Waals surface area contributed by atoms with E-state index in [4.69, 9.17) is 33.0 Å². The quantitative estimate of drug-likeness (QED) is 0.899. The van der Waals surface area contributed by atoms with Crippen LogP contribution in [-0.4, -0.2) is 11.1 Å². The Hall–Kier alpha value is -1.71. The largest absolute Gasteiger partial charge is 0.489 e. The van der Waals surface area contributed by atoms with Gasteiger partial charge in [0, 0.05) is 15.6 Å². The van der Waals surface area contributed by atoms with Gasteiger partial charge in [-0.25, -0.2) is 4.79 Å². The molecular formula is C15H12Cl2O3. The Kier molecular flexibility index (Phi) is 4.53. The van der Waals surface area contributed by atoms with Gasteiger partial charge >= 0.3 is 5.97 Å². The molecule has 0 atom stereocenters. The molecule has 0 amide bonds. The highest BCUT2D eigenvalue weighted by Crippen LogP contribution is 2.24. The lowest BCUT2D eigenvalue weighted by molar-refractivity contribution is 0.0696. The van der Waals surface area contributed by atoms with Gasteiger partial charge in [0.25, 0.3) is 0 Å². The molecule has 0 aliphatic carbocycles. The van der Waals surface area contributed by atoms with Crippen molar-refractivity contribution < 1.29 is 14.6 Å². The zero-order valence-electron chi connectivity index (χ0n) is 10.7. The zero-order valence-corrected chi connectivity index (χ0v) is 12.2. The summed E-state index contributed by atoms with van der Waals surface area (Å²) >= 11 is 12.0. The Bertz CT molecular complexity index is 654. The van der Waals surface area contributed by atoms with E-state index in [9.17, 15) is 4.79 Å². The number of aromatic carboxylic acids is 1. The molecule has 0 saturated carbocycles. The van der Waals surface area contributed by atoms with Gasteiger partial charge in [-0.3, -0.25) is 0 Å². The number of ether oxygens (including phenoxy) is 1. The first-order valence-electron chi connectivity index (χ1n) is 5.88. The first kappa shape index (κ1) is 14.7. The minimum Gasteiger partial charge on any atom is -0.489 e. The van der Waals surface area contributed by atoms with E-state index in [1.54, 1.807) is 37.3 Å². The summed E-state index contributed by atoms with van der Waals surface area (Å²) in [6.07, 6.45) is 0. The summed E-state index contributed by atoms with van der Waals surface area (Å²) in [4.78, 5) is 10.9. The number of carboxylic acid groups (broad SMARTS) is 1. The van der Waals surface area contributed by atoms with Crippen molar-refractivity contribution >= 4 is 29.2 Å². The topological polar surface area (TPSA) is 46.5 Å². The summed E-state index contributed by atoms with van der Waals surface area (Å²) in [5, 5.41) is 10.1. The van der Waals surface area contributed by atoms with Crippen molar-refractivity contribution in [2.75, 3.05) is 0 Å². The first-order chi connectivity index (χ1) is 9.47. The highest BCUT2D eigenvalue weighted by Gasteiger charge is 2.08. The van der Waals surface area contributed by atoms with Gasteiger partial charge in [-0.1, -0.05) is 23.2 Å². The molecule has 2 rings (SSSR count). The third kappa shape index (κ3) is 3.44. The van der Waals surface area contributed by atoms with Crippen LogP contribution in [0.4, 0.5) is 0 Å². The maximum absolute atomic E-state index is 10.9. The van der Waals surface area contributed by atoms with Crippen LogP contribution in [0.25, 0.3) is 0 Å². The zero-order chi connectivity index (χ0) is 14.7. The fourth-order valence-corrected chi connectivity index (χ4v) is 2.12. The summed E-state index contributed by atoms with van der Waals surface area (Å²) in [5.41, 5.74) is 1.76. The van der Waals surface area contributed by atoms with Crippen LogP contribution in [0.15, 0.2) is 36.4 Å². The normalized spacial score (nSPS) is 10.3. The van der Waals surface area contributed by atoms with Crippen molar-refractivity contribution in [2.24, 2.45) is 0 Å². The van der Waals surface area contributed by atoms with Crippen molar-refractivity contribution in [3.05, 3.63) is 63.1 Å². The third-order valence-electron chi connectivity index (χ3n) is 2.81. The number of rotatable bonds is 4. The van der Waals surface area contributed by atoms with Crippen molar-refractivity contribution in [2.45, 2.75) is 13.5 Å². The van der Waals surface area contributed by atoms with Gasteiger partial charge in [-0.05, 0) is 48.9 Å². The van der Waals surface area contributed by atoms with E-state index in [-0.39, 0.29) is 12.2 Å². The van der Waals surface area contributed by atoms with E-state index in [0.717, 1.165) is 11.1 Å². The number of hydrogen-bond donors (Lipinski definition) is 1. The lowest BCUT2D eigenvalue weighted by Gasteiger charge is -2.11. The summed E-state index contributed by atoms with van der Waals surface area (Å²) in [5.74, 6) is -0.344. The van der Waals surface area contributed by atoms with Gasteiger partial charge in [0.15, 0.2) is 0 Å². The molecule has 5 heteroatoms. The smallest absolute Gasteiger partial charge is 0.335 e. The Labute approximate surface area is 126 Å². The number of carbonyl (C=O) groups is 1. The van der Waals surface area contributed by atoms with Crippen LogP contribution in [-0.2, 0) is 6.61 Å². The average Bonchev–Trinajstić information content (AvgIpc) is 2.40. The molecule has 0 radical (unpaired) electrons. The van der Waals surface area contributed by atoms with Crippen LogP contribution < -0.4 is 4.74 Å². The van der Waals surface area contributed by atoms with Crippen LogP contribution in [0.1, 0.15) is 21.5 Å². The number of halogens is 2. The Morgan fingerprint density at radius 2 is 1.95 bits per heavy atom. The van der Waals surface area contributed by atoms with E-state index in [0.29, 0.717) is 15.8 Å². The predicted octanol–water partition coefficient (Wildman–Crippen LogP) is 4.58. The molecule has 0 fully saturated rings. The molecule has 0 aliphatic heterocycles. The van der Waals surface area contributed by atoms with Crippen LogP contribution in [0.5, 0.6) is 5.75 Å². The first-order valence-corrected chi connectivity index (χ1v) is 6.63. The molecule has 2 aromatic rings. The van der Waals surface area contributed by atoms with E-state index in [2.05, 4.69) is 0 Å². The van der Waals surface area contributed by atoms with Gasteiger partial charge in [-0.2, -0.15) is 0 Å². The molecule has 2 aromatic carbocycles. The minimum atomic E-state index is -0.961. The van der Waals surface area contributed by atoms with Crippen LogP contribution in [0.2, 0.25) is 10.0 Å². The van der Waals surface area contributed by atoms with Crippen LogP contribution >= 0.6 is 23.2 Å². The minimum absolute atomic E-state index is 0.232. The predicted molar refractivity (Wildman–Crippen MR) is 78.9 cm³/mol. The summed E-state index contributed by atoms with van der Waals surface area (Å²) in [6, 6.07) is 9.87. The standard InChI is InChI=1S/C15H12Cl2O3/c1-9-6-10(15(18)19)2-5-14(9)20-8-11-7-12(16)3-4-13(11)17/h2-7H,8H2,1H3,(H,18,19). The molecule has 1 N–H and O–H groups in total. The monoisotopic (exact) mass is 310 g/mol. The second-order valence-electron chi connectivity index (χ2n) is 4.31. The lowest BCUT2D eigenvalue weighted by Crippen LogP contribution is -2.01. The SMILES string of the molecule is Cc1cc(C(=O)O)ccc1OCc1cc(Cl)ccc1Cl. The van der Waals surface area contributed by atoms with Crippen molar-refractivity contribution in [1.29, 1.82) is 0 Å². The molecule has 20 heavy (non-hydrogen) atoms. The number of carboxylic acids is 1. The fourth-order valence-electron chi connectivity index (χ4n) is 1.75. The highest BCUT2D eigenvalue weighted by atomic mass is 35.5. The third-order valence-corrected chi connectivity index (χ3v) is 3.42. The molecule has 0 spiro atoms. The fraction of sp³-hybridized carbons (Fsp3) is 0.133. The summed E-state index contributed by atoms with van der Waals surface area (Å²) in [6.45, 7) is 2.06. The molecule has 0 aromatic heterocycles. The molecule has 104 valence electrons. The number of benzene rings is 2. The van der Waals surface area contributed by atoms with E-state index in [1.807, 2.05) is 0 Å². The molecule has 0 aliphatic rings. The molecular weight excluding hydrogens is 299 g/mol. The van der Waals surface area contributed by atoms with E-state index >= 15 is 0 Å². The van der Waals surface area contributed by atoms with Crippen LogP contribution in [0, 0.1) is 6.92 Å². The highest BCUT2D eigenvalue weighted by molar-refractivity contribution is 6.33. The molecule has 3 nitrogen and oxygen atoms in total. The second kappa shape index (κ2) is 6.16. The van der Waals surface area contributed by atoms with Gasteiger partial charge in [-0.15, -0.1) is 0 Å². The summed E-state index contributed by atoms with van der Waals surface area (Å²) in [7, 11) is 0. The van der Waals surface area contributed by atoms with Gasteiger partial charge in [0.05, 0.1) is 5.56 Å². The Balaban J connectivity index is 2.15. The van der Waals surface area contributed by atoms with Crippen LogP contribution in [0.3, 0.4) is 0 Å². The van der Waals surface area contributed by atoms with Crippen molar-refractivity contribution in [3.8, 4) is 5.75 Å². The number of aryl methyl sites for hydroxylation is 1. The molecule has 0 saturated heterocycles. The van der Waals surface area contributed by atoms with Gasteiger partial charge in [0.2, 0.25) is 0 Å². The van der Waals surface area contributed by atoms with Crippen molar-refractivity contribution in [3.63, 3.8) is 0 Å². The second-order valence-corrected chi connectivity index (χ2v) is 5.15. The molecule has 0 bridgehead atoms. The van der Waals surface area contributed by atoms with Gasteiger partial charge in [0.1, 0.15) is 12.4 Å². The van der Waals surface area contributed by atoms with E-state index < -0.39 is 5.97 Å². The Morgan fingerprint density at radius 3 is 2.60 bits per heavy atom. The average molecular weight is 311 g/mol. The maximum atomic E-state index is 10.9. The molecule has 0 heterocycles. The van der Waals surface area contributed by atoms with Gasteiger partial charge < -0.3 is 9.84 Å². The molecule has 0 unspecified atom stereocenters. The number of hydrogen-bond acceptors (Lipinski definition) is 2. The summed E-state index contributed by atoms with van der Waals surface area (Å²) < 4.78 is 5.66. The lowest BCUT2D eigenvalue weighted by atomic mass is 10.1. The maximum Gasteiger partial charge on any atom is 0.335 e. The Morgan fingerprint density at radius 1 is 1.20 bits per heavy atom. The van der Waals surface area contributed by atoms with Crippen molar-refractivity contribution in [1.82, 2.24) is 0 Å². The van der Waals surface area contributed by atoms with E-state index in [1.165, 1.54) is 6.07 Å².